The summed E-state index contributed by atoms with van der Waals surface area (Å²) in [6.07, 6.45) is 9.24. The first-order chi connectivity index (χ1) is 5.86. The van der Waals surface area contributed by atoms with Gasteiger partial charge in [-0.2, -0.15) is 0 Å². The molecular weight excluding hydrogens is 148 g/mol. The molecule has 0 aromatic rings. The van der Waals surface area contributed by atoms with Gasteiger partial charge >= 0.3 is 0 Å². The fraction of sp³-hybridized carbons (Fsp3) is 0.900. The third-order valence-corrected chi connectivity index (χ3v) is 3.28. The van der Waals surface area contributed by atoms with Crippen LogP contribution >= 0.6 is 0 Å². The van der Waals surface area contributed by atoms with E-state index in [1.54, 1.807) is 0 Å². The molecule has 2 nitrogen and oxygen atoms in total. The fourth-order valence-corrected chi connectivity index (χ4v) is 2.56. The summed E-state index contributed by atoms with van der Waals surface area (Å²) in [5, 5.41) is 10.8. The summed E-state index contributed by atoms with van der Waals surface area (Å²) in [4.78, 5) is 0. The van der Waals surface area contributed by atoms with Gasteiger partial charge in [0.2, 0.25) is 0 Å². The topological polar surface area (TPSA) is 35.9 Å². The Labute approximate surface area is 74.2 Å². The molecule has 68 valence electrons. The van der Waals surface area contributed by atoms with Crippen molar-refractivity contribution in [2.75, 3.05) is 0 Å². The Bertz CT molecular complexity index is 171. The lowest BCUT2D eigenvalue weighted by Gasteiger charge is -2.27. The van der Waals surface area contributed by atoms with Crippen molar-refractivity contribution in [1.29, 1.82) is 5.41 Å². The Morgan fingerprint density at radius 1 is 1.08 bits per heavy atom. The molecule has 0 aromatic heterocycles. The van der Waals surface area contributed by atoms with Crippen molar-refractivity contribution < 1.29 is 0 Å². The molecule has 0 spiro atoms. The molecule has 0 radical (unpaired) electrons. The van der Waals surface area contributed by atoms with Crippen molar-refractivity contribution >= 4 is 5.84 Å². The molecule has 1 atom stereocenters. The predicted octanol–water partition coefficient (Wildman–Crippen LogP) is 2.30. The standard InChI is InChI=1S/C10H18N2/c11-10-7-6-9(12-10)8-4-2-1-3-5-8/h8-9H,1-7H2,(H2,11,12). The largest absolute Gasteiger partial charge is 0.371 e. The average Bonchev–Trinajstić information content (AvgIpc) is 2.54. The van der Waals surface area contributed by atoms with E-state index in [2.05, 4.69) is 5.32 Å². The summed E-state index contributed by atoms with van der Waals surface area (Å²) in [5.41, 5.74) is 0. The van der Waals surface area contributed by atoms with Crippen LogP contribution in [0.25, 0.3) is 0 Å². The minimum Gasteiger partial charge on any atom is -0.371 e. The van der Waals surface area contributed by atoms with Crippen LogP contribution in [-0.4, -0.2) is 11.9 Å². The van der Waals surface area contributed by atoms with Crippen molar-refractivity contribution in [3.8, 4) is 0 Å². The molecule has 1 aliphatic heterocycles. The first-order valence-electron chi connectivity index (χ1n) is 5.20. The van der Waals surface area contributed by atoms with Crippen molar-refractivity contribution in [3.05, 3.63) is 0 Å². The number of nitrogens with one attached hydrogen (secondary N) is 2. The summed E-state index contributed by atoms with van der Waals surface area (Å²) in [5.74, 6) is 1.65. The van der Waals surface area contributed by atoms with Gasteiger partial charge in [0.1, 0.15) is 0 Å². The van der Waals surface area contributed by atoms with E-state index >= 15 is 0 Å². The maximum atomic E-state index is 7.49. The van der Waals surface area contributed by atoms with E-state index in [0.717, 1.165) is 18.2 Å². The Kier molecular flexibility index (Phi) is 2.33. The van der Waals surface area contributed by atoms with E-state index in [9.17, 15) is 0 Å². The molecule has 1 aliphatic carbocycles. The zero-order chi connectivity index (χ0) is 8.39. The highest BCUT2D eigenvalue weighted by molar-refractivity contribution is 5.81. The molecule has 2 heteroatoms. The molecule has 1 heterocycles. The second-order valence-electron chi connectivity index (χ2n) is 4.17. The smallest absolute Gasteiger partial charge is 0.0934 e. The Balaban J connectivity index is 1.86. The van der Waals surface area contributed by atoms with Gasteiger partial charge < -0.3 is 5.32 Å². The van der Waals surface area contributed by atoms with Gasteiger partial charge in [0.15, 0.2) is 0 Å². The van der Waals surface area contributed by atoms with Crippen molar-refractivity contribution in [2.45, 2.75) is 51.0 Å². The lowest BCUT2D eigenvalue weighted by atomic mass is 9.83. The first kappa shape index (κ1) is 8.09. The van der Waals surface area contributed by atoms with E-state index in [1.807, 2.05) is 0 Å². The summed E-state index contributed by atoms with van der Waals surface area (Å²) in [7, 11) is 0. The molecule has 1 saturated carbocycles. The van der Waals surface area contributed by atoms with Gasteiger partial charge in [0, 0.05) is 12.5 Å². The van der Waals surface area contributed by atoms with Crippen LogP contribution in [0.5, 0.6) is 0 Å². The van der Waals surface area contributed by atoms with Crippen LogP contribution in [0.1, 0.15) is 44.9 Å². The van der Waals surface area contributed by atoms with Crippen LogP contribution in [-0.2, 0) is 0 Å². The molecule has 0 bridgehead atoms. The van der Waals surface area contributed by atoms with E-state index in [-0.39, 0.29) is 0 Å². The lowest BCUT2D eigenvalue weighted by Crippen LogP contribution is -2.33. The Hall–Kier alpha value is -0.530. The van der Waals surface area contributed by atoms with Crippen LogP contribution in [0, 0.1) is 11.3 Å². The summed E-state index contributed by atoms with van der Waals surface area (Å²) >= 11 is 0. The molecule has 0 amide bonds. The third kappa shape index (κ3) is 1.62. The highest BCUT2D eigenvalue weighted by Gasteiger charge is 2.27. The quantitative estimate of drug-likeness (QED) is 0.616. The maximum absolute atomic E-state index is 7.49. The predicted molar refractivity (Wildman–Crippen MR) is 50.5 cm³/mol. The molecule has 2 fully saturated rings. The monoisotopic (exact) mass is 166 g/mol. The van der Waals surface area contributed by atoms with Gasteiger partial charge in [-0.15, -0.1) is 0 Å². The molecule has 2 aliphatic rings. The molecule has 1 unspecified atom stereocenters. The normalized spacial score (nSPS) is 32.0. The Morgan fingerprint density at radius 2 is 1.83 bits per heavy atom. The number of hydrogen-bond acceptors (Lipinski definition) is 1. The molecule has 12 heavy (non-hydrogen) atoms. The molecule has 1 saturated heterocycles. The van der Waals surface area contributed by atoms with Gasteiger partial charge in [-0.1, -0.05) is 19.3 Å². The summed E-state index contributed by atoms with van der Waals surface area (Å²) < 4.78 is 0. The van der Waals surface area contributed by atoms with Crippen LogP contribution in [0.2, 0.25) is 0 Å². The third-order valence-electron chi connectivity index (χ3n) is 3.28. The van der Waals surface area contributed by atoms with Crippen molar-refractivity contribution in [1.82, 2.24) is 5.32 Å². The minimum absolute atomic E-state index is 0.651. The van der Waals surface area contributed by atoms with E-state index in [4.69, 9.17) is 5.41 Å². The minimum atomic E-state index is 0.651. The lowest BCUT2D eigenvalue weighted by molar-refractivity contribution is 0.293. The SMILES string of the molecule is N=C1CCC(C2CCCCC2)N1. The van der Waals surface area contributed by atoms with Crippen LogP contribution < -0.4 is 5.32 Å². The maximum Gasteiger partial charge on any atom is 0.0934 e. The van der Waals surface area contributed by atoms with E-state index in [1.165, 1.54) is 38.5 Å². The summed E-state index contributed by atoms with van der Waals surface area (Å²) in [6, 6.07) is 0.651. The second-order valence-corrected chi connectivity index (χ2v) is 4.17. The number of rotatable bonds is 1. The second kappa shape index (κ2) is 3.46. The van der Waals surface area contributed by atoms with Gasteiger partial charge in [-0.25, -0.2) is 0 Å². The number of hydrogen-bond donors (Lipinski definition) is 2. The van der Waals surface area contributed by atoms with Gasteiger partial charge in [0.25, 0.3) is 0 Å². The van der Waals surface area contributed by atoms with Gasteiger partial charge in [-0.3, -0.25) is 5.41 Å². The summed E-state index contributed by atoms with van der Waals surface area (Å²) in [6.45, 7) is 0. The van der Waals surface area contributed by atoms with Crippen molar-refractivity contribution in [2.24, 2.45) is 5.92 Å². The average molecular weight is 166 g/mol. The van der Waals surface area contributed by atoms with Crippen LogP contribution in [0.4, 0.5) is 0 Å². The molecule has 2 N–H and O–H groups in total. The highest BCUT2D eigenvalue weighted by atomic mass is 15.0. The molecule has 0 aromatic carbocycles. The van der Waals surface area contributed by atoms with Gasteiger partial charge in [-0.05, 0) is 25.2 Å². The zero-order valence-corrected chi connectivity index (χ0v) is 7.60. The first-order valence-corrected chi connectivity index (χ1v) is 5.20. The van der Waals surface area contributed by atoms with Crippen LogP contribution in [0.3, 0.4) is 0 Å². The van der Waals surface area contributed by atoms with Gasteiger partial charge in [0.05, 0.1) is 5.84 Å². The Morgan fingerprint density at radius 3 is 2.42 bits per heavy atom. The number of amidine groups is 1. The molecule has 2 rings (SSSR count). The molecular formula is C10H18N2. The fourth-order valence-electron chi connectivity index (χ4n) is 2.56. The highest BCUT2D eigenvalue weighted by Crippen LogP contribution is 2.30. The van der Waals surface area contributed by atoms with E-state index in [0.29, 0.717) is 6.04 Å². The zero-order valence-electron chi connectivity index (χ0n) is 7.60. The van der Waals surface area contributed by atoms with Crippen molar-refractivity contribution in [3.63, 3.8) is 0 Å². The van der Waals surface area contributed by atoms with Crippen LogP contribution in [0.15, 0.2) is 0 Å². The van der Waals surface area contributed by atoms with E-state index < -0.39 is 0 Å².